The zero-order chi connectivity index (χ0) is 13.1. The predicted molar refractivity (Wildman–Crippen MR) is 71.3 cm³/mol. The molecule has 0 fully saturated rings. The van der Waals surface area contributed by atoms with Gasteiger partial charge in [-0.05, 0) is 34.1 Å². The lowest BCUT2D eigenvalue weighted by Crippen LogP contribution is -2.03. The van der Waals surface area contributed by atoms with E-state index in [2.05, 4.69) is 20.9 Å². The first-order valence-corrected chi connectivity index (χ1v) is 6.25. The van der Waals surface area contributed by atoms with Crippen LogP contribution in [0.3, 0.4) is 0 Å². The third-order valence-corrected chi connectivity index (χ3v) is 2.97. The largest absolute Gasteiger partial charge is 0.437 e. The number of aromatic nitrogens is 1. The molecule has 2 aromatic rings. The standard InChI is InChI=1S/C12H9BrClFN2O/c13-7-4-9(14)12(17-6-7)18-11-3-1-2-10(15)8(11)5-16/h1-4,6H,5,16H2. The minimum absolute atomic E-state index is 0.0379. The second-order valence-electron chi connectivity index (χ2n) is 3.46. The van der Waals surface area contributed by atoms with Crippen molar-refractivity contribution < 1.29 is 9.13 Å². The highest BCUT2D eigenvalue weighted by atomic mass is 79.9. The summed E-state index contributed by atoms with van der Waals surface area (Å²) in [7, 11) is 0. The van der Waals surface area contributed by atoms with Gasteiger partial charge in [0.25, 0.3) is 0 Å². The molecule has 2 rings (SSSR count). The van der Waals surface area contributed by atoms with Crippen LogP contribution in [0, 0.1) is 5.82 Å². The maximum absolute atomic E-state index is 13.5. The van der Waals surface area contributed by atoms with Crippen LogP contribution in [0.4, 0.5) is 4.39 Å². The fourth-order valence-electron chi connectivity index (χ4n) is 1.41. The van der Waals surface area contributed by atoms with Crippen molar-refractivity contribution in [2.75, 3.05) is 0 Å². The van der Waals surface area contributed by atoms with Gasteiger partial charge in [-0.1, -0.05) is 17.7 Å². The van der Waals surface area contributed by atoms with Crippen LogP contribution in [0.15, 0.2) is 34.9 Å². The zero-order valence-electron chi connectivity index (χ0n) is 9.16. The molecule has 3 nitrogen and oxygen atoms in total. The summed E-state index contributed by atoms with van der Waals surface area (Å²) >= 11 is 9.21. The summed E-state index contributed by atoms with van der Waals surface area (Å²) in [5.41, 5.74) is 5.78. The lowest BCUT2D eigenvalue weighted by Gasteiger charge is -2.10. The van der Waals surface area contributed by atoms with Crippen LogP contribution in [-0.4, -0.2) is 4.98 Å². The van der Waals surface area contributed by atoms with Gasteiger partial charge in [-0.15, -0.1) is 0 Å². The van der Waals surface area contributed by atoms with Crippen molar-refractivity contribution in [3.8, 4) is 11.6 Å². The van der Waals surface area contributed by atoms with Gasteiger partial charge in [0.2, 0.25) is 5.88 Å². The highest BCUT2D eigenvalue weighted by Gasteiger charge is 2.11. The Morgan fingerprint density at radius 1 is 1.44 bits per heavy atom. The molecule has 0 saturated carbocycles. The molecule has 0 bridgehead atoms. The van der Waals surface area contributed by atoms with Crippen molar-refractivity contribution in [3.63, 3.8) is 0 Å². The highest BCUT2D eigenvalue weighted by molar-refractivity contribution is 9.10. The Balaban J connectivity index is 2.37. The van der Waals surface area contributed by atoms with E-state index < -0.39 is 5.82 Å². The van der Waals surface area contributed by atoms with E-state index in [1.54, 1.807) is 18.3 Å². The fraction of sp³-hybridized carbons (Fsp3) is 0.0833. The van der Waals surface area contributed by atoms with Crippen molar-refractivity contribution >= 4 is 27.5 Å². The number of hydrogen-bond donors (Lipinski definition) is 1. The summed E-state index contributed by atoms with van der Waals surface area (Å²) in [5, 5.41) is 0.330. The van der Waals surface area contributed by atoms with E-state index in [1.807, 2.05) is 0 Å². The van der Waals surface area contributed by atoms with Gasteiger partial charge >= 0.3 is 0 Å². The first kappa shape index (κ1) is 13.3. The van der Waals surface area contributed by atoms with E-state index in [1.165, 1.54) is 12.1 Å². The van der Waals surface area contributed by atoms with E-state index in [4.69, 9.17) is 22.1 Å². The van der Waals surface area contributed by atoms with Gasteiger partial charge in [0.1, 0.15) is 16.6 Å². The Hall–Kier alpha value is -1.17. The lowest BCUT2D eigenvalue weighted by molar-refractivity contribution is 0.450. The van der Waals surface area contributed by atoms with Crippen molar-refractivity contribution in [1.29, 1.82) is 0 Å². The molecule has 1 aromatic heterocycles. The smallest absolute Gasteiger partial charge is 0.238 e. The molecular formula is C12H9BrClFN2O. The summed E-state index contributed by atoms with van der Waals surface area (Å²) in [6.07, 6.45) is 1.54. The number of nitrogens with two attached hydrogens (primary N) is 1. The highest BCUT2D eigenvalue weighted by Crippen LogP contribution is 2.31. The Morgan fingerprint density at radius 3 is 2.89 bits per heavy atom. The molecule has 0 unspecified atom stereocenters. The molecule has 1 aromatic carbocycles. The number of pyridine rings is 1. The second-order valence-corrected chi connectivity index (χ2v) is 4.79. The zero-order valence-corrected chi connectivity index (χ0v) is 11.5. The number of rotatable bonds is 3. The molecule has 0 spiro atoms. The molecule has 94 valence electrons. The van der Waals surface area contributed by atoms with E-state index in [-0.39, 0.29) is 12.4 Å². The normalized spacial score (nSPS) is 10.4. The summed E-state index contributed by atoms with van der Waals surface area (Å²) in [6.45, 7) is 0.0379. The lowest BCUT2D eigenvalue weighted by atomic mass is 10.2. The van der Waals surface area contributed by atoms with Crippen molar-refractivity contribution in [1.82, 2.24) is 4.98 Å². The maximum atomic E-state index is 13.5. The first-order chi connectivity index (χ1) is 8.61. The van der Waals surface area contributed by atoms with Crippen LogP contribution in [0.1, 0.15) is 5.56 Å². The Morgan fingerprint density at radius 2 is 2.22 bits per heavy atom. The van der Waals surface area contributed by atoms with Crippen LogP contribution in [0.5, 0.6) is 11.6 Å². The van der Waals surface area contributed by atoms with Gasteiger partial charge in [0.05, 0.1) is 0 Å². The van der Waals surface area contributed by atoms with E-state index in [9.17, 15) is 4.39 Å². The molecule has 0 aliphatic rings. The van der Waals surface area contributed by atoms with Gasteiger partial charge in [0, 0.05) is 22.8 Å². The molecule has 6 heteroatoms. The molecular weight excluding hydrogens is 322 g/mol. The van der Waals surface area contributed by atoms with Gasteiger partial charge in [-0.2, -0.15) is 0 Å². The van der Waals surface area contributed by atoms with Crippen molar-refractivity contribution in [3.05, 3.63) is 51.3 Å². The minimum Gasteiger partial charge on any atom is -0.437 e. The topological polar surface area (TPSA) is 48.1 Å². The van der Waals surface area contributed by atoms with Gasteiger partial charge in [-0.25, -0.2) is 9.37 Å². The molecule has 1 heterocycles. The SMILES string of the molecule is NCc1c(F)cccc1Oc1ncc(Br)cc1Cl. The molecule has 0 atom stereocenters. The molecule has 0 aliphatic carbocycles. The van der Waals surface area contributed by atoms with E-state index in [0.717, 1.165) is 4.47 Å². The number of halogens is 3. The second kappa shape index (κ2) is 5.65. The van der Waals surface area contributed by atoms with Crippen molar-refractivity contribution in [2.24, 2.45) is 5.73 Å². The Bertz CT molecular complexity index is 580. The average molecular weight is 332 g/mol. The molecule has 0 amide bonds. The molecule has 18 heavy (non-hydrogen) atoms. The van der Waals surface area contributed by atoms with Crippen LogP contribution >= 0.6 is 27.5 Å². The summed E-state index contributed by atoms with van der Waals surface area (Å²) < 4.78 is 19.7. The first-order valence-electron chi connectivity index (χ1n) is 5.08. The van der Waals surface area contributed by atoms with Crippen LogP contribution in [0.2, 0.25) is 5.02 Å². The molecule has 0 aliphatic heterocycles. The Kier molecular flexibility index (Phi) is 4.16. The third kappa shape index (κ3) is 2.80. The average Bonchev–Trinajstić information content (AvgIpc) is 2.33. The van der Waals surface area contributed by atoms with E-state index >= 15 is 0 Å². The van der Waals surface area contributed by atoms with Crippen LogP contribution in [-0.2, 0) is 6.54 Å². The van der Waals surface area contributed by atoms with Gasteiger partial charge in [-0.3, -0.25) is 0 Å². The van der Waals surface area contributed by atoms with Crippen LogP contribution in [0.25, 0.3) is 0 Å². The monoisotopic (exact) mass is 330 g/mol. The Labute approximate surface area is 117 Å². The quantitative estimate of drug-likeness (QED) is 0.928. The number of ether oxygens (including phenoxy) is 1. The predicted octanol–water partition coefficient (Wildman–Crippen LogP) is 3.89. The summed E-state index contributed by atoms with van der Waals surface area (Å²) in [5.74, 6) is 0.109. The maximum Gasteiger partial charge on any atom is 0.238 e. The number of hydrogen-bond acceptors (Lipinski definition) is 3. The van der Waals surface area contributed by atoms with Crippen LogP contribution < -0.4 is 10.5 Å². The summed E-state index contributed by atoms with van der Waals surface area (Å²) in [6, 6.07) is 6.12. The van der Waals surface area contributed by atoms with E-state index in [0.29, 0.717) is 16.3 Å². The number of nitrogens with zero attached hydrogens (tertiary/aromatic N) is 1. The van der Waals surface area contributed by atoms with Crippen molar-refractivity contribution in [2.45, 2.75) is 6.54 Å². The van der Waals surface area contributed by atoms with Gasteiger partial charge in [0.15, 0.2) is 0 Å². The molecule has 0 saturated heterocycles. The van der Waals surface area contributed by atoms with Gasteiger partial charge < -0.3 is 10.5 Å². The minimum atomic E-state index is -0.414. The third-order valence-electron chi connectivity index (χ3n) is 2.26. The fourth-order valence-corrected chi connectivity index (χ4v) is 2.08. The summed E-state index contributed by atoms with van der Waals surface area (Å²) in [4.78, 5) is 4.01. The molecule has 2 N–H and O–H groups in total. The number of benzene rings is 1. The molecule has 0 radical (unpaired) electrons.